The third kappa shape index (κ3) is 3.23. The van der Waals surface area contributed by atoms with E-state index in [0.29, 0.717) is 5.56 Å². The normalized spacial score (nSPS) is 9.88. The van der Waals surface area contributed by atoms with Gasteiger partial charge in [0.25, 0.3) is 5.91 Å². The Balaban J connectivity index is 2.43. The summed E-state index contributed by atoms with van der Waals surface area (Å²) in [7, 11) is 1.61. The van der Waals surface area contributed by atoms with Crippen LogP contribution in [0.25, 0.3) is 5.69 Å². The number of ether oxygens (including phenoxy) is 1. The fourth-order valence-electron chi connectivity index (χ4n) is 2.65. The first-order valence-corrected chi connectivity index (χ1v) is 7.40. The van der Waals surface area contributed by atoms with Crippen molar-refractivity contribution in [1.82, 2.24) is 9.47 Å². The van der Waals surface area contributed by atoms with Gasteiger partial charge in [0.15, 0.2) is 0 Å². The van der Waals surface area contributed by atoms with Gasteiger partial charge in [0.05, 0.1) is 24.8 Å². The van der Waals surface area contributed by atoms with E-state index < -0.39 is 0 Å². The summed E-state index contributed by atoms with van der Waals surface area (Å²) < 4.78 is 7.12. The van der Waals surface area contributed by atoms with E-state index in [1.165, 1.54) is 4.90 Å². The molecule has 6 heteroatoms. The molecule has 2 rings (SSSR count). The van der Waals surface area contributed by atoms with Crippen molar-refractivity contribution in [3.63, 3.8) is 0 Å². The van der Waals surface area contributed by atoms with E-state index in [1.807, 2.05) is 54.8 Å². The Morgan fingerprint density at radius 2 is 1.75 bits per heavy atom. The molecule has 2 aromatic rings. The predicted octanol–water partition coefficient (Wildman–Crippen LogP) is 2.59. The van der Waals surface area contributed by atoms with Gasteiger partial charge in [0.1, 0.15) is 18.8 Å². The average Bonchev–Trinajstić information content (AvgIpc) is 2.88. The summed E-state index contributed by atoms with van der Waals surface area (Å²) in [5.41, 5.74) is 3.07. The maximum atomic E-state index is 12.6. The largest absolute Gasteiger partial charge is 0.497 e. The van der Waals surface area contributed by atoms with Gasteiger partial charge in [-0.25, -0.2) is 0 Å². The zero-order chi connectivity index (χ0) is 17.7. The summed E-state index contributed by atoms with van der Waals surface area (Å²) in [6.07, 6.45) is 0. The molecule has 0 saturated heterocycles. The van der Waals surface area contributed by atoms with E-state index in [4.69, 9.17) is 15.3 Å². The second-order valence-electron chi connectivity index (χ2n) is 5.30. The number of aryl methyl sites for hydroxylation is 1. The van der Waals surface area contributed by atoms with Gasteiger partial charge in [-0.2, -0.15) is 10.5 Å². The van der Waals surface area contributed by atoms with E-state index in [2.05, 4.69) is 0 Å². The average molecular weight is 322 g/mol. The lowest BCUT2D eigenvalue weighted by atomic mass is 10.2. The predicted molar refractivity (Wildman–Crippen MR) is 88.9 cm³/mol. The van der Waals surface area contributed by atoms with Crippen molar-refractivity contribution in [1.29, 1.82) is 10.5 Å². The molecule has 0 bridgehead atoms. The van der Waals surface area contributed by atoms with Crippen LogP contribution in [0, 0.1) is 36.5 Å². The molecule has 24 heavy (non-hydrogen) atoms. The fourth-order valence-corrected chi connectivity index (χ4v) is 2.65. The minimum atomic E-state index is -0.314. The number of carbonyl (C=O) groups excluding carboxylic acids is 1. The summed E-state index contributed by atoms with van der Waals surface area (Å²) >= 11 is 0. The van der Waals surface area contributed by atoms with Gasteiger partial charge in [-0.3, -0.25) is 4.79 Å². The van der Waals surface area contributed by atoms with Crippen LogP contribution in [0.3, 0.4) is 0 Å². The summed E-state index contributed by atoms with van der Waals surface area (Å²) in [5.74, 6) is 0.442. The molecule has 0 radical (unpaired) electrons. The van der Waals surface area contributed by atoms with E-state index in [-0.39, 0.29) is 19.0 Å². The standard InChI is InChI=1S/C18H18N4O2/c1-13-12-17(18(23)21(10-8-19)11-9-20)14(2)22(13)15-4-6-16(24-3)7-5-15/h4-7,12H,10-11H2,1-3H3. The first-order valence-electron chi connectivity index (χ1n) is 7.40. The van der Waals surface area contributed by atoms with Gasteiger partial charge in [-0.15, -0.1) is 0 Å². The second-order valence-corrected chi connectivity index (χ2v) is 5.30. The van der Waals surface area contributed by atoms with Crippen LogP contribution in [-0.2, 0) is 0 Å². The molecule has 0 atom stereocenters. The summed E-state index contributed by atoms with van der Waals surface area (Å²) in [4.78, 5) is 13.9. The molecule has 0 fully saturated rings. The number of carbonyl (C=O) groups is 1. The smallest absolute Gasteiger partial charge is 0.257 e. The summed E-state index contributed by atoms with van der Waals surface area (Å²) in [5, 5.41) is 17.7. The Bertz CT molecular complexity index is 806. The van der Waals surface area contributed by atoms with E-state index in [9.17, 15) is 4.79 Å². The number of hydrogen-bond donors (Lipinski definition) is 0. The molecule has 1 aromatic carbocycles. The lowest BCUT2D eigenvalue weighted by Crippen LogP contribution is -2.32. The Labute approximate surface area is 141 Å². The van der Waals surface area contributed by atoms with Crippen LogP contribution < -0.4 is 4.74 Å². The number of amides is 1. The van der Waals surface area contributed by atoms with Crippen molar-refractivity contribution in [2.45, 2.75) is 13.8 Å². The number of nitrogens with zero attached hydrogens (tertiary/aromatic N) is 4. The van der Waals surface area contributed by atoms with Crippen LogP contribution in [-0.4, -0.2) is 35.6 Å². The number of rotatable bonds is 5. The Morgan fingerprint density at radius 1 is 1.17 bits per heavy atom. The number of aromatic nitrogens is 1. The van der Waals surface area contributed by atoms with E-state index in [0.717, 1.165) is 22.8 Å². The Hall–Kier alpha value is -3.25. The highest BCUT2D eigenvalue weighted by molar-refractivity contribution is 5.96. The number of hydrogen-bond acceptors (Lipinski definition) is 4. The molecular weight excluding hydrogens is 304 g/mol. The molecule has 0 unspecified atom stereocenters. The minimum Gasteiger partial charge on any atom is -0.497 e. The maximum Gasteiger partial charge on any atom is 0.257 e. The molecule has 122 valence electrons. The first kappa shape index (κ1) is 17.1. The third-order valence-corrected chi connectivity index (χ3v) is 3.80. The van der Waals surface area contributed by atoms with Crippen LogP contribution in [0.2, 0.25) is 0 Å². The highest BCUT2D eigenvalue weighted by atomic mass is 16.5. The number of nitriles is 2. The minimum absolute atomic E-state index is 0.113. The van der Waals surface area contributed by atoms with Crippen LogP contribution in [0.15, 0.2) is 30.3 Å². The molecule has 0 aliphatic carbocycles. The van der Waals surface area contributed by atoms with Crippen LogP contribution in [0.4, 0.5) is 0 Å². The lowest BCUT2D eigenvalue weighted by molar-refractivity contribution is 0.0794. The van der Waals surface area contributed by atoms with Gasteiger partial charge in [-0.1, -0.05) is 0 Å². The van der Waals surface area contributed by atoms with Crippen molar-refractivity contribution >= 4 is 5.91 Å². The number of methoxy groups -OCH3 is 1. The van der Waals surface area contributed by atoms with Crippen LogP contribution in [0.1, 0.15) is 21.7 Å². The fraction of sp³-hybridized carbons (Fsp3) is 0.278. The van der Waals surface area contributed by atoms with Crippen LogP contribution in [0.5, 0.6) is 5.75 Å². The maximum absolute atomic E-state index is 12.6. The molecule has 1 heterocycles. The Kier molecular flexibility index (Phi) is 5.23. The van der Waals surface area contributed by atoms with Gasteiger partial charge >= 0.3 is 0 Å². The number of benzene rings is 1. The first-order chi connectivity index (χ1) is 11.5. The van der Waals surface area contributed by atoms with Crippen molar-refractivity contribution in [2.75, 3.05) is 20.2 Å². The molecule has 1 aromatic heterocycles. The molecule has 6 nitrogen and oxygen atoms in total. The van der Waals surface area contributed by atoms with Gasteiger partial charge < -0.3 is 14.2 Å². The van der Waals surface area contributed by atoms with Crippen molar-refractivity contribution in [3.05, 3.63) is 47.3 Å². The zero-order valence-electron chi connectivity index (χ0n) is 13.9. The highest BCUT2D eigenvalue weighted by Crippen LogP contribution is 2.23. The quantitative estimate of drug-likeness (QED) is 0.792. The topological polar surface area (TPSA) is 82.0 Å². The molecule has 1 amide bonds. The zero-order valence-corrected chi connectivity index (χ0v) is 13.9. The van der Waals surface area contributed by atoms with Gasteiger partial charge in [-0.05, 0) is 44.2 Å². The molecule has 0 saturated carbocycles. The lowest BCUT2D eigenvalue weighted by Gasteiger charge is -2.16. The molecule has 0 aliphatic heterocycles. The van der Waals surface area contributed by atoms with Crippen LogP contribution >= 0.6 is 0 Å². The van der Waals surface area contributed by atoms with Gasteiger partial charge in [0.2, 0.25) is 0 Å². The highest BCUT2D eigenvalue weighted by Gasteiger charge is 2.21. The van der Waals surface area contributed by atoms with Crippen molar-refractivity contribution < 1.29 is 9.53 Å². The molecular formula is C18H18N4O2. The molecule has 0 N–H and O–H groups in total. The van der Waals surface area contributed by atoms with Gasteiger partial charge in [0, 0.05) is 17.1 Å². The summed E-state index contributed by atoms with van der Waals surface area (Å²) in [6.45, 7) is 3.53. The molecule has 0 spiro atoms. The second kappa shape index (κ2) is 7.34. The summed E-state index contributed by atoms with van der Waals surface area (Å²) in [6, 6.07) is 13.2. The molecule has 0 aliphatic rings. The third-order valence-electron chi connectivity index (χ3n) is 3.80. The Morgan fingerprint density at radius 3 is 2.25 bits per heavy atom. The van der Waals surface area contributed by atoms with E-state index >= 15 is 0 Å². The van der Waals surface area contributed by atoms with E-state index in [1.54, 1.807) is 13.2 Å². The van der Waals surface area contributed by atoms with Crippen molar-refractivity contribution in [3.8, 4) is 23.6 Å². The SMILES string of the molecule is COc1ccc(-n2c(C)cc(C(=O)N(CC#N)CC#N)c2C)cc1. The van der Waals surface area contributed by atoms with Crippen molar-refractivity contribution in [2.24, 2.45) is 0 Å². The monoisotopic (exact) mass is 322 g/mol.